The molecule has 0 spiro atoms. The zero-order chi connectivity index (χ0) is 15.3. The fraction of sp³-hybridized carbons (Fsp3) is 0.364. The molecular formula is C11H11BrN2O5S. The number of nitro benzene ring substituents is 1. The molecule has 1 aromatic carbocycles. The maximum Gasteiger partial charge on any atom is 0.283 e. The van der Waals surface area contributed by atoms with Gasteiger partial charge in [-0.25, -0.2) is 12.7 Å². The first-order chi connectivity index (χ1) is 9.09. The van der Waals surface area contributed by atoms with E-state index in [1.807, 2.05) is 0 Å². The van der Waals surface area contributed by atoms with Crippen LogP contribution in [0.5, 0.6) is 0 Å². The van der Waals surface area contributed by atoms with Gasteiger partial charge in [-0.15, -0.1) is 0 Å². The quantitative estimate of drug-likeness (QED) is 0.603. The van der Waals surface area contributed by atoms with Crippen molar-refractivity contribution in [3.8, 4) is 0 Å². The van der Waals surface area contributed by atoms with E-state index in [-0.39, 0.29) is 12.2 Å². The molecule has 7 nitrogen and oxygen atoms in total. The van der Waals surface area contributed by atoms with Crippen molar-refractivity contribution in [3.05, 3.63) is 38.3 Å². The van der Waals surface area contributed by atoms with Crippen LogP contribution in [0.2, 0.25) is 0 Å². The van der Waals surface area contributed by atoms with Crippen molar-refractivity contribution in [2.45, 2.75) is 25.1 Å². The zero-order valence-electron chi connectivity index (χ0n) is 10.7. The predicted molar refractivity (Wildman–Crippen MR) is 74.3 cm³/mol. The average molecular weight is 363 g/mol. The fourth-order valence-corrected chi connectivity index (χ4v) is 3.78. The van der Waals surface area contributed by atoms with E-state index in [4.69, 9.17) is 0 Å². The van der Waals surface area contributed by atoms with Gasteiger partial charge in [0.2, 0.25) is 0 Å². The van der Waals surface area contributed by atoms with Gasteiger partial charge in [0.15, 0.2) is 4.75 Å². The summed E-state index contributed by atoms with van der Waals surface area (Å²) in [6.45, 7) is 2.48. The molecule has 1 aromatic rings. The summed E-state index contributed by atoms with van der Waals surface area (Å²) >= 11 is 3.04. The average Bonchev–Trinajstić information content (AvgIpc) is 2.36. The summed E-state index contributed by atoms with van der Waals surface area (Å²) in [6, 6.07) is 4.24. The molecule has 1 heterocycles. The first-order valence-corrected chi connectivity index (χ1v) is 7.82. The molecule has 0 atom stereocenters. The van der Waals surface area contributed by atoms with Crippen molar-refractivity contribution in [1.82, 2.24) is 4.31 Å². The van der Waals surface area contributed by atoms with Gasteiger partial charge in [-0.3, -0.25) is 14.9 Å². The number of benzene rings is 1. The molecule has 9 heteroatoms. The standard InChI is InChI=1S/C11H11BrN2O5S/c1-11(2)10(15)13(20(11,18)19)6-7-3-4-8(12)9(5-7)14(16)17/h3-5H,6H2,1-2H3. The molecule has 1 amide bonds. The summed E-state index contributed by atoms with van der Waals surface area (Å²) in [5.41, 5.74) is 0.208. The van der Waals surface area contributed by atoms with E-state index in [0.29, 0.717) is 10.0 Å². The highest BCUT2D eigenvalue weighted by atomic mass is 79.9. The van der Waals surface area contributed by atoms with Crippen molar-refractivity contribution >= 4 is 37.5 Å². The molecule has 0 radical (unpaired) electrons. The number of sulfonamides is 1. The molecule has 2 rings (SSSR count). The molecule has 0 aliphatic carbocycles. The second-order valence-electron chi connectivity index (χ2n) is 4.87. The molecule has 20 heavy (non-hydrogen) atoms. The van der Waals surface area contributed by atoms with E-state index in [1.54, 1.807) is 0 Å². The second-order valence-corrected chi connectivity index (χ2v) is 8.14. The summed E-state index contributed by atoms with van der Waals surface area (Å²) in [6.07, 6.45) is 0. The Morgan fingerprint density at radius 3 is 2.50 bits per heavy atom. The van der Waals surface area contributed by atoms with Crippen LogP contribution in [0.25, 0.3) is 0 Å². The largest absolute Gasteiger partial charge is 0.283 e. The van der Waals surface area contributed by atoms with Gasteiger partial charge in [0.25, 0.3) is 21.6 Å². The highest BCUT2D eigenvalue weighted by Gasteiger charge is 2.59. The molecule has 0 unspecified atom stereocenters. The van der Waals surface area contributed by atoms with Gasteiger partial charge >= 0.3 is 0 Å². The molecule has 1 aliphatic rings. The van der Waals surface area contributed by atoms with Gasteiger partial charge in [-0.2, -0.15) is 0 Å². The van der Waals surface area contributed by atoms with Crippen LogP contribution in [0.15, 0.2) is 22.7 Å². The molecule has 0 saturated carbocycles. The van der Waals surface area contributed by atoms with Gasteiger partial charge in [0.05, 0.1) is 15.9 Å². The second kappa shape index (κ2) is 4.52. The van der Waals surface area contributed by atoms with Crippen LogP contribution in [0.3, 0.4) is 0 Å². The number of nitro groups is 1. The Kier molecular flexibility index (Phi) is 3.37. The minimum absolute atomic E-state index is 0.174. The summed E-state index contributed by atoms with van der Waals surface area (Å²) < 4.78 is 23.5. The monoisotopic (exact) mass is 362 g/mol. The van der Waals surface area contributed by atoms with Gasteiger partial charge in [-0.05, 0) is 41.4 Å². The molecule has 1 saturated heterocycles. The first kappa shape index (κ1) is 14.9. The Hall–Kier alpha value is -1.48. The van der Waals surface area contributed by atoms with Crippen LogP contribution >= 0.6 is 15.9 Å². The number of carbonyl (C=O) groups excluding carboxylic acids is 1. The number of carbonyl (C=O) groups is 1. The molecule has 0 aromatic heterocycles. The van der Waals surface area contributed by atoms with Crippen molar-refractivity contribution in [2.24, 2.45) is 0 Å². The van der Waals surface area contributed by atoms with Crippen LogP contribution in [0, 0.1) is 10.1 Å². The maximum atomic E-state index is 11.9. The van der Waals surface area contributed by atoms with Crippen LogP contribution in [0.1, 0.15) is 19.4 Å². The Bertz CT molecular complexity index is 714. The van der Waals surface area contributed by atoms with E-state index >= 15 is 0 Å². The van der Waals surface area contributed by atoms with Crippen LogP contribution in [-0.2, 0) is 21.4 Å². The molecular weight excluding hydrogens is 352 g/mol. The van der Waals surface area contributed by atoms with Gasteiger partial charge in [0.1, 0.15) is 0 Å². The van der Waals surface area contributed by atoms with Crippen molar-refractivity contribution in [2.75, 3.05) is 0 Å². The van der Waals surface area contributed by atoms with Crippen molar-refractivity contribution in [1.29, 1.82) is 0 Å². The summed E-state index contributed by atoms with van der Waals surface area (Å²) in [4.78, 5) is 22.0. The van der Waals surface area contributed by atoms with E-state index in [9.17, 15) is 23.3 Å². The molecule has 108 valence electrons. The number of hydrogen-bond donors (Lipinski definition) is 0. The number of amides is 1. The minimum atomic E-state index is -3.69. The van der Waals surface area contributed by atoms with Gasteiger partial charge < -0.3 is 0 Å². The molecule has 1 fully saturated rings. The molecule has 0 N–H and O–H groups in total. The van der Waals surface area contributed by atoms with Crippen LogP contribution in [0.4, 0.5) is 5.69 Å². The molecule has 1 aliphatic heterocycles. The van der Waals surface area contributed by atoms with Crippen LogP contribution < -0.4 is 0 Å². The zero-order valence-corrected chi connectivity index (χ0v) is 13.1. The smallest absolute Gasteiger partial charge is 0.272 e. The Labute approximate surface area is 123 Å². The lowest BCUT2D eigenvalue weighted by molar-refractivity contribution is -0.385. The number of halogens is 1. The maximum absolute atomic E-state index is 11.9. The van der Waals surface area contributed by atoms with E-state index < -0.39 is 25.6 Å². The van der Waals surface area contributed by atoms with E-state index in [1.165, 1.54) is 32.0 Å². The lowest BCUT2D eigenvalue weighted by Gasteiger charge is -2.43. The Morgan fingerprint density at radius 1 is 1.40 bits per heavy atom. The topological polar surface area (TPSA) is 97.6 Å². The summed E-state index contributed by atoms with van der Waals surface area (Å²) in [7, 11) is -3.69. The minimum Gasteiger partial charge on any atom is -0.272 e. The summed E-state index contributed by atoms with van der Waals surface area (Å²) in [5.74, 6) is -0.511. The Morgan fingerprint density at radius 2 is 2.00 bits per heavy atom. The van der Waals surface area contributed by atoms with Gasteiger partial charge in [0, 0.05) is 6.07 Å². The predicted octanol–water partition coefficient (Wildman–Crippen LogP) is 1.81. The number of rotatable bonds is 3. The molecule has 0 bridgehead atoms. The highest BCUT2D eigenvalue weighted by Crippen LogP contribution is 2.36. The van der Waals surface area contributed by atoms with Gasteiger partial charge in [-0.1, -0.05) is 6.07 Å². The number of hydrogen-bond acceptors (Lipinski definition) is 5. The summed E-state index contributed by atoms with van der Waals surface area (Å²) in [5, 5.41) is 10.8. The fourth-order valence-electron chi connectivity index (χ4n) is 1.88. The SMILES string of the molecule is CC1(C)C(=O)N(Cc2ccc(Br)c([N+](=O)[O-])c2)S1(=O)=O. The van der Waals surface area contributed by atoms with Crippen LogP contribution in [-0.4, -0.2) is 28.3 Å². The Balaban J connectivity index is 2.31. The third-order valence-electron chi connectivity index (χ3n) is 3.21. The number of nitrogens with zero attached hydrogens (tertiary/aromatic N) is 2. The lowest BCUT2D eigenvalue weighted by Crippen LogP contribution is -2.66. The first-order valence-electron chi connectivity index (χ1n) is 5.58. The normalized spacial score (nSPS) is 19.6. The van der Waals surface area contributed by atoms with E-state index in [0.717, 1.165) is 4.31 Å². The van der Waals surface area contributed by atoms with Crippen molar-refractivity contribution in [3.63, 3.8) is 0 Å². The third kappa shape index (κ3) is 2.01. The van der Waals surface area contributed by atoms with E-state index in [2.05, 4.69) is 15.9 Å². The highest BCUT2D eigenvalue weighted by molar-refractivity contribution is 9.10. The van der Waals surface area contributed by atoms with Crippen molar-refractivity contribution < 1.29 is 18.1 Å². The third-order valence-corrected chi connectivity index (χ3v) is 6.22. The lowest BCUT2D eigenvalue weighted by atomic mass is 10.1.